The SMILES string of the molecule is Cc1c(-c2nnc(CBr)n2C)cccc1[N+](=O)[O-]. The predicted octanol–water partition coefficient (Wildman–Crippen LogP) is 2.59. The molecule has 1 aromatic carbocycles. The second-order valence-electron chi connectivity index (χ2n) is 3.84. The van der Waals surface area contributed by atoms with Crippen LogP contribution in [0.1, 0.15) is 11.4 Å². The highest BCUT2D eigenvalue weighted by atomic mass is 79.9. The van der Waals surface area contributed by atoms with E-state index < -0.39 is 0 Å². The van der Waals surface area contributed by atoms with Crippen molar-refractivity contribution in [2.24, 2.45) is 7.05 Å². The molecule has 1 heterocycles. The van der Waals surface area contributed by atoms with Crippen LogP contribution < -0.4 is 0 Å². The maximum atomic E-state index is 10.9. The fourth-order valence-corrected chi connectivity index (χ4v) is 2.26. The lowest BCUT2D eigenvalue weighted by molar-refractivity contribution is -0.385. The lowest BCUT2D eigenvalue weighted by Crippen LogP contribution is -2.00. The van der Waals surface area contributed by atoms with E-state index in [-0.39, 0.29) is 10.6 Å². The minimum atomic E-state index is -0.388. The van der Waals surface area contributed by atoms with Crippen LogP contribution in [0.2, 0.25) is 0 Å². The third-order valence-electron chi connectivity index (χ3n) is 2.83. The van der Waals surface area contributed by atoms with Gasteiger partial charge in [-0.3, -0.25) is 10.1 Å². The van der Waals surface area contributed by atoms with E-state index >= 15 is 0 Å². The third kappa shape index (κ3) is 2.01. The molecule has 7 heteroatoms. The van der Waals surface area contributed by atoms with Gasteiger partial charge in [-0.05, 0) is 6.92 Å². The molecule has 0 fully saturated rings. The monoisotopic (exact) mass is 310 g/mol. The molecule has 0 atom stereocenters. The van der Waals surface area contributed by atoms with Crippen molar-refractivity contribution in [2.75, 3.05) is 0 Å². The van der Waals surface area contributed by atoms with Crippen molar-refractivity contribution in [2.45, 2.75) is 12.3 Å². The summed E-state index contributed by atoms with van der Waals surface area (Å²) >= 11 is 3.32. The van der Waals surface area contributed by atoms with Crippen molar-refractivity contribution in [1.29, 1.82) is 0 Å². The van der Waals surface area contributed by atoms with Gasteiger partial charge in [0.15, 0.2) is 5.82 Å². The van der Waals surface area contributed by atoms with Crippen molar-refractivity contribution >= 4 is 21.6 Å². The summed E-state index contributed by atoms with van der Waals surface area (Å²) in [5.41, 5.74) is 1.42. The van der Waals surface area contributed by atoms with Gasteiger partial charge in [-0.25, -0.2) is 0 Å². The zero-order valence-corrected chi connectivity index (χ0v) is 11.5. The van der Waals surface area contributed by atoms with Gasteiger partial charge in [-0.2, -0.15) is 0 Å². The van der Waals surface area contributed by atoms with E-state index in [1.807, 2.05) is 17.7 Å². The molecule has 0 aliphatic rings. The first kappa shape index (κ1) is 12.7. The highest BCUT2D eigenvalue weighted by molar-refractivity contribution is 9.08. The molecule has 94 valence electrons. The molecular formula is C11H11BrN4O2. The molecule has 18 heavy (non-hydrogen) atoms. The summed E-state index contributed by atoms with van der Waals surface area (Å²) in [6.45, 7) is 1.72. The molecular weight excluding hydrogens is 300 g/mol. The second kappa shape index (κ2) is 4.85. The number of hydrogen-bond acceptors (Lipinski definition) is 4. The van der Waals surface area contributed by atoms with Crippen LogP contribution in [0.3, 0.4) is 0 Å². The van der Waals surface area contributed by atoms with Gasteiger partial charge in [0, 0.05) is 24.2 Å². The Bertz CT molecular complexity index is 609. The Morgan fingerprint density at radius 1 is 1.44 bits per heavy atom. The fraction of sp³-hybridized carbons (Fsp3) is 0.273. The average molecular weight is 311 g/mol. The predicted molar refractivity (Wildman–Crippen MR) is 70.5 cm³/mol. The molecule has 2 rings (SSSR count). The molecule has 0 unspecified atom stereocenters. The fourth-order valence-electron chi connectivity index (χ4n) is 1.78. The van der Waals surface area contributed by atoms with Crippen molar-refractivity contribution in [1.82, 2.24) is 14.8 Å². The quantitative estimate of drug-likeness (QED) is 0.496. The molecule has 6 nitrogen and oxygen atoms in total. The molecule has 0 bridgehead atoms. The molecule has 1 aromatic heterocycles. The molecule has 0 spiro atoms. The number of nitro groups is 1. The first-order chi connectivity index (χ1) is 8.56. The summed E-state index contributed by atoms with van der Waals surface area (Å²) in [5.74, 6) is 1.40. The van der Waals surface area contributed by atoms with Crippen LogP contribution in [0.25, 0.3) is 11.4 Å². The highest BCUT2D eigenvalue weighted by Crippen LogP contribution is 2.28. The summed E-state index contributed by atoms with van der Waals surface area (Å²) in [7, 11) is 1.84. The lowest BCUT2D eigenvalue weighted by atomic mass is 10.1. The van der Waals surface area contributed by atoms with Crippen LogP contribution in [0.15, 0.2) is 18.2 Å². The molecule has 0 amide bonds. The lowest BCUT2D eigenvalue weighted by Gasteiger charge is -2.06. The zero-order chi connectivity index (χ0) is 13.3. The Labute approximate surface area is 112 Å². The number of alkyl halides is 1. The van der Waals surface area contributed by atoms with E-state index in [2.05, 4.69) is 26.1 Å². The first-order valence-corrected chi connectivity index (χ1v) is 6.37. The summed E-state index contributed by atoms with van der Waals surface area (Å²) in [4.78, 5) is 10.5. The number of benzene rings is 1. The molecule has 0 aliphatic carbocycles. The molecule has 0 saturated heterocycles. The largest absolute Gasteiger partial charge is 0.313 e. The van der Waals surface area contributed by atoms with Crippen LogP contribution in [0.4, 0.5) is 5.69 Å². The van der Waals surface area contributed by atoms with E-state index in [1.165, 1.54) is 6.07 Å². The van der Waals surface area contributed by atoms with E-state index in [0.29, 0.717) is 16.7 Å². The summed E-state index contributed by atoms with van der Waals surface area (Å²) in [6.07, 6.45) is 0. The van der Waals surface area contributed by atoms with Crippen molar-refractivity contribution in [3.05, 3.63) is 39.7 Å². The van der Waals surface area contributed by atoms with Crippen LogP contribution in [-0.4, -0.2) is 19.7 Å². The van der Waals surface area contributed by atoms with Crippen LogP contribution in [0, 0.1) is 17.0 Å². The van der Waals surface area contributed by atoms with E-state index in [1.54, 1.807) is 13.0 Å². The summed E-state index contributed by atoms with van der Waals surface area (Å²) < 4.78 is 1.82. The smallest absolute Gasteiger partial charge is 0.273 e. The molecule has 0 saturated carbocycles. The van der Waals surface area contributed by atoms with Crippen LogP contribution >= 0.6 is 15.9 Å². The Kier molecular flexibility index (Phi) is 3.42. The molecule has 0 N–H and O–H groups in total. The topological polar surface area (TPSA) is 73.8 Å². The van der Waals surface area contributed by atoms with Crippen LogP contribution in [0.5, 0.6) is 0 Å². The highest BCUT2D eigenvalue weighted by Gasteiger charge is 2.18. The van der Waals surface area contributed by atoms with E-state index in [4.69, 9.17) is 0 Å². The van der Waals surface area contributed by atoms with Gasteiger partial charge < -0.3 is 4.57 Å². The Hall–Kier alpha value is -1.76. The average Bonchev–Trinajstić information content (AvgIpc) is 2.70. The van der Waals surface area contributed by atoms with Gasteiger partial charge in [-0.1, -0.05) is 28.1 Å². The number of aromatic nitrogens is 3. The van der Waals surface area contributed by atoms with Crippen LogP contribution in [-0.2, 0) is 12.4 Å². The van der Waals surface area contributed by atoms with Crippen molar-refractivity contribution < 1.29 is 4.92 Å². The standard InChI is InChI=1S/C11H11BrN4O2/c1-7-8(4-3-5-9(7)16(17)18)11-14-13-10(6-12)15(11)2/h3-5H,6H2,1-2H3. The Morgan fingerprint density at radius 2 is 2.17 bits per heavy atom. The number of nitrogens with zero attached hydrogens (tertiary/aromatic N) is 4. The van der Waals surface area contributed by atoms with Gasteiger partial charge in [0.25, 0.3) is 5.69 Å². The van der Waals surface area contributed by atoms with Gasteiger partial charge in [0.2, 0.25) is 0 Å². The molecule has 0 radical (unpaired) electrons. The Balaban J connectivity index is 2.61. The zero-order valence-electron chi connectivity index (χ0n) is 9.92. The van der Waals surface area contributed by atoms with Crippen molar-refractivity contribution in [3.63, 3.8) is 0 Å². The number of halogens is 1. The number of rotatable bonds is 3. The van der Waals surface area contributed by atoms with Gasteiger partial charge in [0.05, 0.1) is 10.3 Å². The maximum absolute atomic E-state index is 10.9. The minimum absolute atomic E-state index is 0.0934. The van der Waals surface area contributed by atoms with E-state index in [0.717, 1.165) is 11.4 Å². The molecule has 0 aliphatic heterocycles. The first-order valence-electron chi connectivity index (χ1n) is 5.25. The second-order valence-corrected chi connectivity index (χ2v) is 4.40. The van der Waals surface area contributed by atoms with Crippen molar-refractivity contribution in [3.8, 4) is 11.4 Å². The Morgan fingerprint density at radius 3 is 2.72 bits per heavy atom. The summed E-state index contributed by atoms with van der Waals surface area (Å²) in [5, 5.41) is 19.6. The normalized spacial score (nSPS) is 10.6. The third-order valence-corrected chi connectivity index (χ3v) is 3.33. The van der Waals surface area contributed by atoms with Gasteiger partial charge in [0.1, 0.15) is 5.82 Å². The summed E-state index contributed by atoms with van der Waals surface area (Å²) in [6, 6.07) is 4.95. The maximum Gasteiger partial charge on any atom is 0.273 e. The van der Waals surface area contributed by atoms with E-state index in [9.17, 15) is 10.1 Å². The molecule has 2 aromatic rings. The number of hydrogen-bond donors (Lipinski definition) is 0. The number of nitro benzene ring substituents is 1. The van der Waals surface area contributed by atoms with Gasteiger partial charge in [-0.15, -0.1) is 10.2 Å². The van der Waals surface area contributed by atoms with Gasteiger partial charge >= 0.3 is 0 Å². The minimum Gasteiger partial charge on any atom is -0.313 e.